The summed E-state index contributed by atoms with van der Waals surface area (Å²) in [6, 6.07) is 12.5. The number of nitrogens with one attached hydrogen (secondary N) is 4. The maximum atomic E-state index is 14.2. The number of hydrogen-bond acceptors (Lipinski definition) is 14. The number of hydrogen-bond donors (Lipinski definition) is 4. The van der Waals surface area contributed by atoms with Crippen LogP contribution in [0, 0.1) is 0 Å². The Morgan fingerprint density at radius 1 is 0.810 bits per heavy atom. The lowest BCUT2D eigenvalue weighted by molar-refractivity contribution is -0.211. The minimum absolute atomic E-state index is 0.00376. The normalized spacial score (nSPS) is 20.1. The number of esters is 4. The molecule has 0 radical (unpaired) electrons. The number of aromatic amines is 1. The molecule has 314 valence electrons. The summed E-state index contributed by atoms with van der Waals surface area (Å²) in [5, 5.41) is 8.86. The molecule has 18 heteroatoms. The average Bonchev–Trinajstić information content (AvgIpc) is 3.54. The molecule has 0 aliphatic carbocycles. The van der Waals surface area contributed by atoms with Crippen LogP contribution >= 0.6 is 11.8 Å². The summed E-state index contributed by atoms with van der Waals surface area (Å²) in [7, 11) is 0. The second-order valence-corrected chi connectivity index (χ2v) is 15.6. The summed E-state index contributed by atoms with van der Waals surface area (Å²) in [5.41, 5.74) is 0.152. The van der Waals surface area contributed by atoms with Crippen LogP contribution in [0.15, 0.2) is 60.8 Å². The zero-order valence-corrected chi connectivity index (χ0v) is 34.2. The fourth-order valence-electron chi connectivity index (χ4n) is 6.07. The van der Waals surface area contributed by atoms with E-state index < -0.39 is 95.9 Å². The highest BCUT2D eigenvalue weighted by Crippen LogP contribution is 2.33. The topological polar surface area (TPSA) is 227 Å². The minimum Gasteiger partial charge on any atom is -0.463 e. The van der Waals surface area contributed by atoms with E-state index in [1.54, 1.807) is 57.3 Å². The molecule has 58 heavy (non-hydrogen) atoms. The van der Waals surface area contributed by atoms with E-state index in [1.807, 2.05) is 24.3 Å². The number of ether oxygens (including phenoxy) is 6. The molecule has 2 aromatic carbocycles. The van der Waals surface area contributed by atoms with Gasteiger partial charge in [-0.1, -0.05) is 48.5 Å². The molecule has 3 aromatic rings. The van der Waals surface area contributed by atoms with Crippen molar-refractivity contribution in [2.75, 3.05) is 12.4 Å². The Bertz CT molecular complexity index is 1930. The molecule has 0 spiro atoms. The van der Waals surface area contributed by atoms with E-state index >= 15 is 0 Å². The van der Waals surface area contributed by atoms with Gasteiger partial charge in [0.15, 0.2) is 12.2 Å². The lowest BCUT2D eigenvalue weighted by Gasteiger charge is -2.45. The number of amides is 3. The summed E-state index contributed by atoms with van der Waals surface area (Å²) in [5.74, 6) is -4.62. The van der Waals surface area contributed by atoms with Crippen molar-refractivity contribution in [3.8, 4) is 0 Å². The van der Waals surface area contributed by atoms with E-state index in [9.17, 15) is 33.6 Å². The van der Waals surface area contributed by atoms with E-state index in [0.717, 1.165) is 43.4 Å². The number of rotatable bonds is 16. The van der Waals surface area contributed by atoms with Gasteiger partial charge in [-0.25, -0.2) is 9.59 Å². The monoisotopic (exact) mass is 826 g/mol. The lowest BCUT2D eigenvalue weighted by atomic mass is 9.97. The molecule has 4 N–H and O–H groups in total. The number of benzene rings is 2. The molecule has 1 aliphatic heterocycles. The molecule has 4 rings (SSSR count). The Hall–Kier alpha value is -5.62. The van der Waals surface area contributed by atoms with Gasteiger partial charge in [0.05, 0.1) is 0 Å². The molecule has 1 fully saturated rings. The summed E-state index contributed by atoms with van der Waals surface area (Å²) in [6.45, 7) is 9.09. The highest BCUT2D eigenvalue weighted by Gasteiger charge is 2.51. The zero-order valence-electron chi connectivity index (χ0n) is 33.4. The number of thioether (sulfide) groups is 1. The Balaban J connectivity index is 1.67. The molecule has 1 saturated heterocycles. The Labute approximate surface area is 339 Å². The first-order valence-electron chi connectivity index (χ1n) is 18.5. The van der Waals surface area contributed by atoms with Gasteiger partial charge in [0, 0.05) is 57.0 Å². The first-order chi connectivity index (χ1) is 27.4. The average molecular weight is 827 g/mol. The van der Waals surface area contributed by atoms with Gasteiger partial charge in [-0.15, -0.1) is 11.8 Å². The highest BCUT2D eigenvalue weighted by atomic mass is 32.2. The molecule has 0 unspecified atom stereocenters. The molecular formula is C40H50N4O13S. The van der Waals surface area contributed by atoms with Gasteiger partial charge in [0.1, 0.15) is 48.5 Å². The quantitative estimate of drug-likeness (QED) is 0.120. The van der Waals surface area contributed by atoms with Crippen LogP contribution in [0.25, 0.3) is 10.9 Å². The predicted molar refractivity (Wildman–Crippen MR) is 210 cm³/mol. The number of para-hydroxylation sites is 1. The molecule has 17 nitrogen and oxygen atoms in total. The minimum atomic E-state index is -1.39. The van der Waals surface area contributed by atoms with E-state index in [0.29, 0.717) is 11.1 Å². The number of carbonyl (C=O) groups excluding carboxylic acids is 7. The third-order valence-corrected chi connectivity index (χ3v) is 9.69. The van der Waals surface area contributed by atoms with Crippen molar-refractivity contribution in [1.29, 1.82) is 0 Å². The van der Waals surface area contributed by atoms with Gasteiger partial charge in [-0.3, -0.25) is 24.0 Å². The van der Waals surface area contributed by atoms with Crippen molar-refractivity contribution < 1.29 is 62.0 Å². The first kappa shape index (κ1) is 45.1. The van der Waals surface area contributed by atoms with Crippen LogP contribution in [0.3, 0.4) is 0 Å². The van der Waals surface area contributed by atoms with Crippen LogP contribution in [0.2, 0.25) is 0 Å². The van der Waals surface area contributed by atoms with Gasteiger partial charge in [-0.05, 0) is 38.0 Å². The van der Waals surface area contributed by atoms with Crippen LogP contribution < -0.4 is 16.0 Å². The molecule has 3 amide bonds. The number of aromatic nitrogens is 1. The maximum Gasteiger partial charge on any atom is 0.408 e. The second kappa shape index (κ2) is 20.7. The molecule has 2 heterocycles. The standard InChI is InChI=1S/C40H50N4O13S/c1-22(45)42-33-35(55-25(4)48)34(54-24(3)47)32(20-52-23(2)46)56-38(33)58-21-31(37(50)53-19-26-13-9-8-10-14-26)43-36(49)30(44-39(51)57-40(5,6)7)17-27-18-41-29-16-12-11-15-28(27)29/h8-16,18,30-35,38,41H,17,19-21H2,1-7H3,(H,42,45)(H,43,49)(H,44,51)/t30-,31-,32+,33+,34+,35+,38+/m0/s1. The Morgan fingerprint density at radius 2 is 1.47 bits per heavy atom. The first-order valence-corrected chi connectivity index (χ1v) is 19.5. The molecule has 1 aromatic heterocycles. The van der Waals surface area contributed by atoms with E-state index in [-0.39, 0.29) is 18.8 Å². The van der Waals surface area contributed by atoms with E-state index in [2.05, 4.69) is 20.9 Å². The molecule has 7 atom stereocenters. The number of H-pyrrole nitrogens is 1. The summed E-state index contributed by atoms with van der Waals surface area (Å²) in [4.78, 5) is 93.2. The third-order valence-electron chi connectivity index (χ3n) is 8.43. The van der Waals surface area contributed by atoms with Crippen molar-refractivity contribution in [3.05, 3.63) is 71.9 Å². The Kier molecular flexibility index (Phi) is 16.1. The van der Waals surface area contributed by atoms with Crippen LogP contribution in [-0.2, 0) is 70.2 Å². The van der Waals surface area contributed by atoms with Crippen LogP contribution in [0.4, 0.5) is 4.79 Å². The number of alkyl carbamates (subject to hydrolysis) is 1. The van der Waals surface area contributed by atoms with Gasteiger partial charge < -0.3 is 49.4 Å². The van der Waals surface area contributed by atoms with Crippen LogP contribution in [0.5, 0.6) is 0 Å². The van der Waals surface area contributed by atoms with Crippen molar-refractivity contribution in [2.45, 2.75) is 109 Å². The summed E-state index contributed by atoms with van der Waals surface area (Å²) < 4.78 is 33.7. The molecule has 0 saturated carbocycles. The number of fused-ring (bicyclic) bond motifs is 1. The molecular weight excluding hydrogens is 777 g/mol. The van der Waals surface area contributed by atoms with Gasteiger partial charge in [0.2, 0.25) is 11.8 Å². The summed E-state index contributed by atoms with van der Waals surface area (Å²) >= 11 is 0.936. The highest BCUT2D eigenvalue weighted by molar-refractivity contribution is 7.99. The fraction of sp³-hybridized carbons (Fsp3) is 0.475. The van der Waals surface area contributed by atoms with Gasteiger partial charge in [0.25, 0.3) is 0 Å². The maximum absolute atomic E-state index is 14.2. The van der Waals surface area contributed by atoms with E-state index in [4.69, 9.17) is 28.4 Å². The van der Waals surface area contributed by atoms with E-state index in [1.165, 1.54) is 6.92 Å². The lowest BCUT2D eigenvalue weighted by Crippen LogP contribution is -2.65. The largest absolute Gasteiger partial charge is 0.463 e. The van der Waals surface area contributed by atoms with Crippen LogP contribution in [0.1, 0.15) is 59.6 Å². The predicted octanol–water partition coefficient (Wildman–Crippen LogP) is 3.22. The molecule has 1 aliphatic rings. The van der Waals surface area contributed by atoms with Crippen molar-refractivity contribution in [1.82, 2.24) is 20.9 Å². The molecule has 0 bridgehead atoms. The van der Waals surface area contributed by atoms with Gasteiger partial charge in [-0.2, -0.15) is 0 Å². The third kappa shape index (κ3) is 13.8. The SMILES string of the molecule is CC(=O)N[C@@H]1[C@@H](OC(C)=O)[C@H](OC(C)=O)[C@@H](COC(C)=O)O[C@@H]1SC[C@H](NC(=O)[C@H](Cc1c[nH]c2ccccc12)NC(=O)OC(C)(C)C)C(=O)OCc1ccccc1. The summed E-state index contributed by atoms with van der Waals surface area (Å²) in [6.07, 6.45) is -3.00. The second-order valence-electron chi connectivity index (χ2n) is 14.5. The Morgan fingerprint density at radius 3 is 2.10 bits per heavy atom. The fourth-order valence-corrected chi connectivity index (χ4v) is 7.33. The van der Waals surface area contributed by atoms with Gasteiger partial charge >= 0.3 is 30.0 Å². The van der Waals surface area contributed by atoms with Crippen molar-refractivity contribution >= 4 is 64.4 Å². The van der Waals surface area contributed by atoms with Crippen molar-refractivity contribution in [3.63, 3.8) is 0 Å². The smallest absolute Gasteiger partial charge is 0.408 e. The zero-order chi connectivity index (χ0) is 42.6. The van der Waals surface area contributed by atoms with Crippen molar-refractivity contribution in [2.24, 2.45) is 0 Å². The number of carbonyl (C=O) groups is 7. The van der Waals surface area contributed by atoms with Crippen LogP contribution in [-0.4, -0.2) is 107 Å².